The van der Waals surface area contributed by atoms with E-state index in [0.29, 0.717) is 38.5 Å². The molecule has 0 aliphatic carbocycles. The SMILES string of the molecule is CCC(CC)C(=[OH+])/C=C(\O)C(CC)CC.Cc1cc(-c2nccc3c2sc2c(C(F)(F)F)cccc23)[c-]c2oc3ccccc3c12.[Ir]. The molecule has 0 saturated carbocycles. The summed E-state index contributed by atoms with van der Waals surface area (Å²) in [5, 5.41) is 13.1. The Morgan fingerprint density at radius 1 is 0.936 bits per heavy atom. The number of alkyl halides is 3. The molecule has 0 bridgehead atoms. The fourth-order valence-corrected chi connectivity index (χ4v) is 7.37. The molecular weight excluding hydrogens is 800 g/mol. The first-order valence-electron chi connectivity index (χ1n) is 15.7. The zero-order chi connectivity index (χ0) is 33.2. The van der Waals surface area contributed by atoms with Crippen LogP contribution in [-0.4, -0.2) is 20.7 Å². The number of allylic oxidation sites excluding steroid dienone is 2. The van der Waals surface area contributed by atoms with Crippen molar-refractivity contribution in [1.82, 2.24) is 4.98 Å². The number of hydrogen-bond donors (Lipinski definition) is 1. The van der Waals surface area contributed by atoms with Crippen molar-refractivity contribution < 1.29 is 47.6 Å². The molecule has 3 aromatic carbocycles. The zero-order valence-corrected chi connectivity index (χ0v) is 30.2. The average molecular weight is 838 g/mol. The van der Waals surface area contributed by atoms with Gasteiger partial charge in [-0.15, -0.1) is 28.5 Å². The van der Waals surface area contributed by atoms with Crippen molar-refractivity contribution in [3.63, 3.8) is 0 Å². The minimum atomic E-state index is -4.41. The molecule has 3 aromatic heterocycles. The van der Waals surface area contributed by atoms with Gasteiger partial charge in [0.25, 0.3) is 0 Å². The maximum Gasteiger partial charge on any atom is 0.417 e. The molecule has 6 aromatic rings. The van der Waals surface area contributed by atoms with Gasteiger partial charge in [0.2, 0.25) is 0 Å². The largest absolute Gasteiger partial charge is 0.512 e. The van der Waals surface area contributed by atoms with Crippen LogP contribution in [0.2, 0.25) is 0 Å². The van der Waals surface area contributed by atoms with E-state index in [2.05, 4.69) is 11.1 Å². The maximum absolute atomic E-state index is 13.6. The smallest absolute Gasteiger partial charge is 0.417 e. The van der Waals surface area contributed by atoms with Crippen molar-refractivity contribution in [2.24, 2.45) is 11.8 Å². The van der Waals surface area contributed by atoms with Crippen LogP contribution in [0.5, 0.6) is 0 Å². The van der Waals surface area contributed by atoms with Gasteiger partial charge in [-0.05, 0) is 54.7 Å². The predicted octanol–water partition coefficient (Wildman–Crippen LogP) is 12.0. The van der Waals surface area contributed by atoms with Gasteiger partial charge in [0.15, 0.2) is 0 Å². The van der Waals surface area contributed by atoms with E-state index in [1.165, 1.54) is 6.07 Å². The Morgan fingerprint density at radius 3 is 2.23 bits per heavy atom. The van der Waals surface area contributed by atoms with E-state index in [1.54, 1.807) is 24.4 Å². The summed E-state index contributed by atoms with van der Waals surface area (Å²) in [4.78, 5) is 14.3. The number of fused-ring (bicyclic) bond motifs is 6. The molecule has 1 radical (unpaired) electrons. The number of furan rings is 1. The first-order chi connectivity index (χ1) is 22.0. The Bertz CT molecular complexity index is 2050. The van der Waals surface area contributed by atoms with Crippen LogP contribution in [0.3, 0.4) is 0 Å². The fraction of sp³-hybridized carbons (Fsp3) is 0.316. The molecule has 0 fully saturated rings. The van der Waals surface area contributed by atoms with Crippen molar-refractivity contribution in [3.8, 4) is 11.3 Å². The molecule has 0 unspecified atom stereocenters. The van der Waals surface area contributed by atoms with Crippen LogP contribution >= 0.6 is 11.3 Å². The van der Waals surface area contributed by atoms with E-state index in [4.69, 9.17) is 4.42 Å². The van der Waals surface area contributed by atoms with Gasteiger partial charge in [0.1, 0.15) is 11.3 Å². The summed E-state index contributed by atoms with van der Waals surface area (Å²) in [6.07, 6.45) is 2.42. The number of aromatic nitrogens is 1. The summed E-state index contributed by atoms with van der Waals surface area (Å²) in [7, 11) is 0. The number of hydrogen-bond acceptors (Lipinski definition) is 4. The third kappa shape index (κ3) is 7.33. The Morgan fingerprint density at radius 2 is 1.57 bits per heavy atom. The zero-order valence-electron chi connectivity index (χ0n) is 27.0. The quantitative estimate of drug-likeness (QED) is 0.0719. The fourth-order valence-electron chi connectivity index (χ4n) is 6.04. The number of benzene rings is 3. The summed E-state index contributed by atoms with van der Waals surface area (Å²) in [5.74, 6) is 1.01. The van der Waals surface area contributed by atoms with Crippen LogP contribution in [0.1, 0.15) is 64.5 Å². The van der Waals surface area contributed by atoms with E-state index in [-0.39, 0.29) is 36.6 Å². The summed E-state index contributed by atoms with van der Waals surface area (Å²) in [6, 6.07) is 19.1. The summed E-state index contributed by atoms with van der Waals surface area (Å²) in [6.45, 7) is 10.2. The number of carbonyl (C=O) groups excluding carboxylic acids is 1. The molecule has 9 heteroatoms. The normalized spacial score (nSPS) is 12.3. The molecule has 3 heterocycles. The van der Waals surface area contributed by atoms with Crippen LogP contribution in [-0.2, 0) is 26.3 Å². The van der Waals surface area contributed by atoms with Crippen molar-refractivity contribution in [2.45, 2.75) is 66.5 Å². The van der Waals surface area contributed by atoms with E-state index < -0.39 is 11.7 Å². The van der Waals surface area contributed by atoms with Gasteiger partial charge in [-0.1, -0.05) is 76.4 Å². The number of aliphatic hydroxyl groups is 1. The number of thiophene rings is 1. The first kappa shape index (κ1) is 36.3. The Labute approximate surface area is 290 Å². The molecule has 6 rings (SSSR count). The predicted molar refractivity (Wildman–Crippen MR) is 184 cm³/mol. The third-order valence-corrected chi connectivity index (χ3v) is 9.94. The van der Waals surface area contributed by atoms with Crippen LogP contribution in [0.25, 0.3) is 53.4 Å². The molecule has 0 saturated heterocycles. The van der Waals surface area contributed by atoms with Gasteiger partial charge in [-0.3, -0.25) is 4.79 Å². The molecule has 2 N–H and O–H groups in total. The second-order valence-electron chi connectivity index (χ2n) is 11.5. The minimum absolute atomic E-state index is 0. The molecule has 0 aliphatic rings. The van der Waals surface area contributed by atoms with Gasteiger partial charge < -0.3 is 14.5 Å². The molecule has 4 nitrogen and oxygen atoms in total. The molecule has 0 aliphatic heterocycles. The van der Waals surface area contributed by atoms with E-state index >= 15 is 0 Å². The summed E-state index contributed by atoms with van der Waals surface area (Å²) < 4.78 is 47.6. The molecule has 0 spiro atoms. The number of nitrogens with zero attached hydrogens (tertiary/aromatic N) is 1. The molecule has 0 atom stereocenters. The van der Waals surface area contributed by atoms with Gasteiger partial charge in [0.05, 0.1) is 23.1 Å². The maximum atomic E-state index is 13.6. The van der Waals surface area contributed by atoms with Crippen molar-refractivity contribution in [2.75, 3.05) is 0 Å². The number of rotatable bonds is 8. The van der Waals surface area contributed by atoms with E-state index in [0.717, 1.165) is 70.4 Å². The summed E-state index contributed by atoms with van der Waals surface area (Å²) in [5.41, 5.74) is 3.09. The number of para-hydroxylation sites is 1. The topological polar surface area (TPSA) is 67.7 Å². The Balaban J connectivity index is 0.000000269. The Kier molecular flexibility index (Phi) is 11.7. The van der Waals surface area contributed by atoms with Crippen molar-refractivity contribution in [1.29, 1.82) is 0 Å². The first-order valence-corrected chi connectivity index (χ1v) is 16.5. The number of aryl methyl sites for hydroxylation is 1. The van der Waals surface area contributed by atoms with Crippen LogP contribution in [0.15, 0.2) is 77.0 Å². The van der Waals surface area contributed by atoms with Gasteiger partial charge >= 0.3 is 12.0 Å². The van der Waals surface area contributed by atoms with Crippen molar-refractivity contribution >= 4 is 59.2 Å². The molecule has 249 valence electrons. The summed E-state index contributed by atoms with van der Waals surface area (Å²) >= 11 is 1.12. The third-order valence-electron chi connectivity index (χ3n) is 8.68. The average Bonchev–Trinajstić information content (AvgIpc) is 3.60. The van der Waals surface area contributed by atoms with Crippen LogP contribution in [0.4, 0.5) is 13.2 Å². The second-order valence-corrected chi connectivity index (χ2v) is 12.5. The monoisotopic (exact) mass is 838 g/mol. The number of pyridine rings is 1. The Hall–Kier alpha value is -3.52. The van der Waals surface area contributed by atoms with E-state index in [9.17, 15) is 23.1 Å². The molecular formula is C38H38F3IrNO3S. The standard InChI is InChI=1S/C25H13F3NOS.C13H24O2.Ir/c1-13-11-14(12-20-21(13)17-5-2-3-8-19(17)30-20)22-24-16(9-10-29-22)15-6-4-7-18(23(15)31-24)25(26,27)28;1-5-10(6-2)12(14)9-13(15)11(7-3)8-4;/h2-11H,1H3;9-11,14H,5-8H2,1-4H3;/q-1;;/p+1/b;12-9-;. The van der Waals surface area contributed by atoms with Crippen molar-refractivity contribution in [3.05, 3.63) is 89.8 Å². The van der Waals surface area contributed by atoms with Gasteiger partial charge in [0, 0.05) is 52.7 Å². The molecule has 0 amide bonds. The number of ketones is 1. The minimum Gasteiger partial charge on any atom is -0.512 e. The number of aliphatic hydroxyl groups excluding tert-OH is 1. The van der Waals surface area contributed by atoms with Crippen LogP contribution in [0, 0.1) is 24.8 Å². The number of halogens is 3. The van der Waals surface area contributed by atoms with Gasteiger partial charge in [-0.25, -0.2) is 0 Å². The van der Waals surface area contributed by atoms with E-state index in [1.807, 2.05) is 65.0 Å². The van der Waals surface area contributed by atoms with Crippen LogP contribution < -0.4 is 0 Å². The second kappa shape index (κ2) is 15.1. The van der Waals surface area contributed by atoms with Gasteiger partial charge in [-0.2, -0.15) is 13.2 Å². The molecule has 47 heavy (non-hydrogen) atoms.